The number of piperidine rings is 2. The number of halogens is 4. The Bertz CT molecular complexity index is 947. The van der Waals surface area contributed by atoms with E-state index in [1.54, 1.807) is 12.1 Å². The van der Waals surface area contributed by atoms with Crippen LogP contribution < -0.4 is 16.0 Å². The van der Waals surface area contributed by atoms with E-state index in [0.29, 0.717) is 37.1 Å². The van der Waals surface area contributed by atoms with E-state index in [1.807, 2.05) is 30.2 Å². The van der Waals surface area contributed by atoms with Gasteiger partial charge in [0, 0.05) is 42.9 Å². The molecule has 5 atom stereocenters. The Morgan fingerprint density at radius 3 is 2.71 bits per heavy atom. The molecule has 1 amide bonds. The Hall–Kier alpha value is -2.39. The highest BCUT2D eigenvalue weighted by atomic mass is 19.4. The second-order valence-electron chi connectivity index (χ2n) is 9.58. The minimum atomic E-state index is -4.56. The van der Waals surface area contributed by atoms with Gasteiger partial charge in [0.25, 0.3) is 0 Å². The lowest BCUT2D eigenvalue weighted by Crippen LogP contribution is -2.47. The zero-order valence-corrected chi connectivity index (χ0v) is 19.3. The van der Waals surface area contributed by atoms with Crippen molar-refractivity contribution < 1.29 is 22.4 Å². The lowest BCUT2D eigenvalue weighted by Gasteiger charge is -2.37. The highest BCUT2D eigenvalue weighted by Gasteiger charge is 2.41. The third-order valence-corrected chi connectivity index (χ3v) is 6.97. The third-order valence-electron chi connectivity index (χ3n) is 6.97. The van der Waals surface area contributed by atoms with Crippen LogP contribution >= 0.6 is 0 Å². The van der Waals surface area contributed by atoms with Gasteiger partial charge in [-0.3, -0.25) is 10.1 Å². The molecule has 186 valence electrons. The van der Waals surface area contributed by atoms with Gasteiger partial charge in [-0.05, 0) is 49.9 Å². The Morgan fingerprint density at radius 2 is 2.00 bits per heavy atom. The van der Waals surface area contributed by atoms with Crippen molar-refractivity contribution >= 4 is 11.6 Å². The van der Waals surface area contributed by atoms with Crippen molar-refractivity contribution in [1.82, 2.24) is 15.5 Å². The van der Waals surface area contributed by atoms with Crippen molar-refractivity contribution in [3.05, 3.63) is 53.6 Å². The highest BCUT2D eigenvalue weighted by molar-refractivity contribution is 5.77. The van der Waals surface area contributed by atoms with Crippen molar-refractivity contribution in [2.45, 2.75) is 68.6 Å². The first-order chi connectivity index (χ1) is 16.1. The standard InChI is InChI=1S/C25H32F4N4O/c1-15(25(27,28)29)24-18-6-4-7-21(32-22-11-12-33(2)14-20(22)26)19(18)13-17(31-24)10-9-16-5-3-8-23(34)30-16/h4,6-7,9-10,16-17,20,22,24,31-32H,1,3,5,8,11-14H2,2H3,(H,30,34)/b10-9+/t16?,17?,20-,22+,24?/m0/s1. The topological polar surface area (TPSA) is 56.4 Å². The van der Waals surface area contributed by atoms with Gasteiger partial charge in [-0.25, -0.2) is 4.39 Å². The lowest BCUT2D eigenvalue weighted by molar-refractivity contribution is -0.122. The molecule has 0 bridgehead atoms. The number of amides is 1. The van der Waals surface area contributed by atoms with Crippen molar-refractivity contribution in [3.63, 3.8) is 0 Å². The Labute approximate surface area is 197 Å². The molecule has 3 aliphatic heterocycles. The lowest BCUT2D eigenvalue weighted by atomic mass is 9.85. The number of alkyl halides is 4. The molecule has 0 radical (unpaired) electrons. The predicted octanol–water partition coefficient (Wildman–Crippen LogP) is 4.04. The number of hydrogen-bond donors (Lipinski definition) is 3. The van der Waals surface area contributed by atoms with Gasteiger partial charge in [0.05, 0.1) is 12.1 Å². The summed E-state index contributed by atoms with van der Waals surface area (Å²) in [5.74, 6) is -0.0171. The molecule has 3 unspecified atom stereocenters. The van der Waals surface area contributed by atoms with E-state index in [9.17, 15) is 22.4 Å². The van der Waals surface area contributed by atoms with Gasteiger partial charge in [-0.15, -0.1) is 0 Å². The quantitative estimate of drug-likeness (QED) is 0.440. The van der Waals surface area contributed by atoms with Crippen LogP contribution in [0, 0.1) is 0 Å². The molecule has 3 aliphatic rings. The van der Waals surface area contributed by atoms with Gasteiger partial charge >= 0.3 is 6.18 Å². The molecule has 0 saturated carbocycles. The van der Waals surface area contributed by atoms with Gasteiger partial charge < -0.3 is 15.5 Å². The fourth-order valence-electron chi connectivity index (χ4n) is 5.06. The molecule has 0 aromatic heterocycles. The molecule has 2 fully saturated rings. The first-order valence-corrected chi connectivity index (χ1v) is 11.8. The summed E-state index contributed by atoms with van der Waals surface area (Å²) >= 11 is 0. The number of hydrogen-bond acceptors (Lipinski definition) is 4. The molecule has 4 rings (SSSR count). The molecule has 1 aromatic rings. The van der Waals surface area contributed by atoms with Crippen LogP contribution in [0.4, 0.5) is 23.2 Å². The van der Waals surface area contributed by atoms with Crippen LogP contribution in [0.25, 0.3) is 0 Å². The fourth-order valence-corrected chi connectivity index (χ4v) is 5.06. The maximum Gasteiger partial charge on any atom is 0.413 e. The minimum Gasteiger partial charge on any atom is -0.379 e. The van der Waals surface area contributed by atoms with Crippen LogP contribution in [-0.4, -0.2) is 61.4 Å². The minimum absolute atomic E-state index is 0.0171. The maximum atomic E-state index is 14.7. The summed E-state index contributed by atoms with van der Waals surface area (Å²) < 4.78 is 55.7. The van der Waals surface area contributed by atoms with Crippen LogP contribution in [0.1, 0.15) is 42.9 Å². The summed E-state index contributed by atoms with van der Waals surface area (Å²) in [6.07, 6.45) is 1.20. The highest BCUT2D eigenvalue weighted by Crippen LogP contribution is 2.41. The van der Waals surface area contributed by atoms with Gasteiger partial charge in [0.15, 0.2) is 0 Å². The zero-order chi connectivity index (χ0) is 24.5. The van der Waals surface area contributed by atoms with Crippen molar-refractivity contribution in [2.24, 2.45) is 0 Å². The van der Waals surface area contributed by atoms with E-state index in [4.69, 9.17) is 0 Å². The Kier molecular flexibility index (Phi) is 7.33. The van der Waals surface area contributed by atoms with Crippen LogP contribution in [0.15, 0.2) is 42.5 Å². The molecular weight excluding hydrogens is 448 g/mol. The maximum absolute atomic E-state index is 14.7. The molecule has 5 nitrogen and oxygen atoms in total. The predicted molar refractivity (Wildman–Crippen MR) is 124 cm³/mol. The summed E-state index contributed by atoms with van der Waals surface area (Å²) in [6, 6.07) is 3.16. The monoisotopic (exact) mass is 480 g/mol. The van der Waals surface area contributed by atoms with E-state index in [1.165, 1.54) is 0 Å². The van der Waals surface area contributed by atoms with E-state index in [0.717, 1.165) is 24.9 Å². The average Bonchev–Trinajstić information content (AvgIpc) is 2.78. The van der Waals surface area contributed by atoms with Crippen LogP contribution in [-0.2, 0) is 11.2 Å². The number of carbonyl (C=O) groups excluding carboxylic acids is 1. The molecule has 9 heteroatoms. The molecular formula is C25H32F4N4O. The van der Waals surface area contributed by atoms with E-state index in [-0.39, 0.29) is 11.9 Å². The molecule has 0 aliphatic carbocycles. The van der Waals surface area contributed by atoms with Crippen LogP contribution in [0.3, 0.4) is 0 Å². The van der Waals surface area contributed by atoms with Crippen LogP contribution in [0.5, 0.6) is 0 Å². The van der Waals surface area contributed by atoms with Crippen LogP contribution in [0.2, 0.25) is 0 Å². The van der Waals surface area contributed by atoms with Gasteiger partial charge in [0.1, 0.15) is 6.17 Å². The Morgan fingerprint density at radius 1 is 1.24 bits per heavy atom. The van der Waals surface area contributed by atoms with Gasteiger partial charge in [0.2, 0.25) is 5.91 Å². The average molecular weight is 481 g/mol. The van der Waals surface area contributed by atoms with E-state index < -0.39 is 36.0 Å². The van der Waals surface area contributed by atoms with Crippen molar-refractivity contribution in [3.8, 4) is 0 Å². The number of benzene rings is 1. The van der Waals surface area contributed by atoms with Crippen molar-refractivity contribution in [1.29, 1.82) is 0 Å². The number of nitrogens with one attached hydrogen (secondary N) is 3. The summed E-state index contributed by atoms with van der Waals surface area (Å²) in [4.78, 5) is 13.6. The summed E-state index contributed by atoms with van der Waals surface area (Å²) in [5, 5.41) is 9.27. The fraction of sp³-hybridized carbons (Fsp3) is 0.560. The molecule has 3 heterocycles. The van der Waals surface area contributed by atoms with Crippen molar-refractivity contribution in [2.75, 3.05) is 25.5 Å². The molecule has 2 saturated heterocycles. The second kappa shape index (κ2) is 10.1. The van der Waals surface area contributed by atoms with E-state index in [2.05, 4.69) is 22.5 Å². The number of carbonyl (C=O) groups is 1. The number of nitrogens with zero attached hydrogens (tertiary/aromatic N) is 1. The largest absolute Gasteiger partial charge is 0.413 e. The number of likely N-dealkylation sites (tertiary alicyclic amines) is 1. The third kappa shape index (κ3) is 5.63. The molecule has 34 heavy (non-hydrogen) atoms. The van der Waals surface area contributed by atoms with E-state index >= 15 is 0 Å². The molecule has 0 spiro atoms. The normalized spacial score (nSPS) is 30.6. The smallest absolute Gasteiger partial charge is 0.379 e. The Balaban J connectivity index is 1.61. The first kappa shape index (κ1) is 24.7. The number of rotatable bonds is 5. The van der Waals surface area contributed by atoms with Gasteiger partial charge in [-0.1, -0.05) is 30.9 Å². The molecule has 3 N–H and O–H groups in total. The first-order valence-electron chi connectivity index (χ1n) is 11.8. The molecule has 1 aromatic carbocycles. The number of anilines is 1. The summed E-state index contributed by atoms with van der Waals surface area (Å²) in [5.41, 5.74) is 1.05. The second-order valence-corrected chi connectivity index (χ2v) is 9.58. The SMILES string of the molecule is C=C(C1NC(/C=C/C2CCCC(=O)N2)Cc2c(N[C@@H]3CCN(C)C[C@@H]3F)cccc21)C(F)(F)F. The zero-order valence-electron chi connectivity index (χ0n) is 19.3. The summed E-state index contributed by atoms with van der Waals surface area (Å²) in [6.45, 7) is 4.42. The number of fused-ring (bicyclic) bond motifs is 1. The van der Waals surface area contributed by atoms with Gasteiger partial charge in [-0.2, -0.15) is 13.2 Å². The summed E-state index contributed by atoms with van der Waals surface area (Å²) in [7, 11) is 1.87.